The van der Waals surface area contributed by atoms with Crippen LogP contribution < -0.4 is 15.5 Å². The Morgan fingerprint density at radius 1 is 0.833 bits per heavy atom. The van der Waals surface area contributed by atoms with Crippen molar-refractivity contribution >= 4 is 34.9 Å². The average Bonchev–Trinajstić information content (AvgIpc) is 2.89. The summed E-state index contributed by atoms with van der Waals surface area (Å²) in [5, 5.41) is 5.87. The third kappa shape index (κ3) is 6.15. The fraction of sp³-hybridized carbons (Fsp3) is 0.444. The topological polar surface area (TPSA) is 94.2 Å². The number of rotatable bonds is 5. The summed E-state index contributed by atoms with van der Waals surface area (Å²) >= 11 is 0. The van der Waals surface area contributed by atoms with E-state index in [9.17, 15) is 14.4 Å². The van der Waals surface area contributed by atoms with Crippen molar-refractivity contribution in [1.29, 1.82) is 0 Å². The molecule has 0 radical (unpaired) electrons. The van der Waals surface area contributed by atoms with Gasteiger partial charge in [-0.1, -0.05) is 26.0 Å². The summed E-state index contributed by atoms with van der Waals surface area (Å²) in [6.45, 7) is 10.0. The zero-order valence-corrected chi connectivity index (χ0v) is 21.3. The van der Waals surface area contributed by atoms with Crippen LogP contribution in [0.1, 0.15) is 29.8 Å². The fourth-order valence-electron chi connectivity index (χ4n) is 4.36. The number of anilines is 3. The molecule has 4 amide bonds. The lowest BCUT2D eigenvalue weighted by molar-refractivity contribution is -0.118. The first kappa shape index (κ1) is 25.5. The van der Waals surface area contributed by atoms with E-state index in [2.05, 4.69) is 15.5 Å². The number of nitrogens with one attached hydrogen (secondary N) is 2. The molecule has 9 heteroatoms. The lowest BCUT2D eigenvalue weighted by Gasteiger charge is -2.37. The minimum absolute atomic E-state index is 0.0754. The first-order valence-corrected chi connectivity index (χ1v) is 12.5. The van der Waals surface area contributed by atoms with E-state index in [1.165, 1.54) is 0 Å². The molecule has 0 aromatic heterocycles. The number of carbonyl (C=O) groups is 3. The molecular formula is C27H35N5O4. The highest BCUT2D eigenvalue weighted by Gasteiger charge is 2.27. The quantitative estimate of drug-likeness (QED) is 0.666. The van der Waals surface area contributed by atoms with Gasteiger partial charge in [-0.3, -0.25) is 9.59 Å². The van der Waals surface area contributed by atoms with Crippen LogP contribution in [0.5, 0.6) is 0 Å². The largest absolute Gasteiger partial charge is 0.378 e. The van der Waals surface area contributed by atoms with Gasteiger partial charge < -0.3 is 30.1 Å². The number of hydrogen-bond donors (Lipinski definition) is 2. The van der Waals surface area contributed by atoms with E-state index < -0.39 is 0 Å². The number of morpholine rings is 1. The summed E-state index contributed by atoms with van der Waals surface area (Å²) in [4.78, 5) is 44.3. The van der Waals surface area contributed by atoms with Crippen molar-refractivity contribution in [3.05, 3.63) is 53.6 Å². The second kappa shape index (κ2) is 11.4. The Balaban J connectivity index is 1.48. The number of urea groups is 1. The molecule has 2 aliphatic rings. The van der Waals surface area contributed by atoms with Crippen molar-refractivity contribution in [2.45, 2.75) is 20.8 Å². The van der Waals surface area contributed by atoms with Gasteiger partial charge in [0.15, 0.2) is 0 Å². The van der Waals surface area contributed by atoms with E-state index in [4.69, 9.17) is 4.74 Å². The third-order valence-corrected chi connectivity index (χ3v) is 6.49. The zero-order valence-electron chi connectivity index (χ0n) is 21.3. The zero-order chi connectivity index (χ0) is 25.7. The molecular weight excluding hydrogens is 458 g/mol. The minimum atomic E-state index is -0.165. The molecule has 0 spiro atoms. The first-order chi connectivity index (χ1) is 17.3. The van der Waals surface area contributed by atoms with Crippen molar-refractivity contribution in [3.63, 3.8) is 0 Å². The molecule has 0 saturated carbocycles. The van der Waals surface area contributed by atoms with Crippen molar-refractivity contribution in [1.82, 2.24) is 9.80 Å². The van der Waals surface area contributed by atoms with Gasteiger partial charge in [0.1, 0.15) is 0 Å². The maximum atomic E-state index is 13.5. The average molecular weight is 494 g/mol. The number of benzene rings is 2. The van der Waals surface area contributed by atoms with E-state index in [-0.39, 0.29) is 23.8 Å². The number of piperazine rings is 1. The SMILES string of the molecule is Cc1cccc(NC(=O)N2CCN(c3ccc(NC(=O)C(C)C)cc3C(=O)N3CCOCC3)CC2)c1. The smallest absolute Gasteiger partial charge is 0.321 e. The molecule has 2 N–H and O–H groups in total. The van der Waals surface area contributed by atoms with Gasteiger partial charge in [0.25, 0.3) is 5.91 Å². The van der Waals surface area contributed by atoms with E-state index in [1.807, 2.05) is 57.2 Å². The molecule has 4 rings (SSSR count). The number of nitrogens with zero attached hydrogens (tertiary/aromatic N) is 3. The standard InChI is InChI=1S/C27H35N5O4/c1-19(2)25(33)28-22-7-8-24(23(18-22)26(34)31-13-15-36-16-14-31)30-9-11-32(12-10-30)27(35)29-21-6-4-5-20(3)17-21/h4-8,17-19H,9-16H2,1-3H3,(H,28,33)(H,29,35). The number of hydrogen-bond acceptors (Lipinski definition) is 5. The van der Waals surface area contributed by atoms with Crippen molar-refractivity contribution in [2.75, 3.05) is 68.0 Å². The van der Waals surface area contributed by atoms with E-state index in [0.29, 0.717) is 63.7 Å². The van der Waals surface area contributed by atoms with Gasteiger partial charge in [-0.2, -0.15) is 0 Å². The molecule has 0 aliphatic carbocycles. The van der Waals surface area contributed by atoms with Crippen LogP contribution in [0.2, 0.25) is 0 Å². The Morgan fingerprint density at radius 3 is 2.19 bits per heavy atom. The van der Waals surface area contributed by atoms with Crippen LogP contribution in [-0.2, 0) is 9.53 Å². The van der Waals surface area contributed by atoms with Crippen molar-refractivity contribution < 1.29 is 19.1 Å². The molecule has 0 bridgehead atoms. The summed E-state index contributed by atoms with van der Waals surface area (Å²) in [5.74, 6) is -0.337. The normalized spacial score (nSPS) is 16.2. The molecule has 192 valence electrons. The monoisotopic (exact) mass is 493 g/mol. The summed E-state index contributed by atoms with van der Waals surface area (Å²) in [7, 11) is 0. The van der Waals surface area contributed by atoms with Crippen LogP contribution in [0.15, 0.2) is 42.5 Å². The molecule has 2 fully saturated rings. The number of amides is 4. The van der Waals surface area contributed by atoms with E-state index >= 15 is 0 Å². The first-order valence-electron chi connectivity index (χ1n) is 12.5. The van der Waals surface area contributed by atoms with Crippen LogP contribution in [0, 0.1) is 12.8 Å². The maximum Gasteiger partial charge on any atom is 0.321 e. The predicted molar refractivity (Wildman–Crippen MR) is 141 cm³/mol. The molecule has 0 atom stereocenters. The second-order valence-corrected chi connectivity index (χ2v) is 9.55. The summed E-state index contributed by atoms with van der Waals surface area (Å²) in [6, 6.07) is 13.1. The van der Waals surface area contributed by atoms with Crippen LogP contribution in [0.3, 0.4) is 0 Å². The lowest BCUT2D eigenvalue weighted by Crippen LogP contribution is -2.50. The highest BCUT2D eigenvalue weighted by atomic mass is 16.5. The van der Waals surface area contributed by atoms with Crippen molar-refractivity contribution in [3.8, 4) is 0 Å². The van der Waals surface area contributed by atoms with E-state index in [0.717, 1.165) is 16.9 Å². The van der Waals surface area contributed by atoms with Gasteiger partial charge in [0.2, 0.25) is 5.91 Å². The molecule has 0 unspecified atom stereocenters. The van der Waals surface area contributed by atoms with Crippen LogP contribution in [0.25, 0.3) is 0 Å². The van der Waals surface area contributed by atoms with Crippen LogP contribution in [0.4, 0.5) is 21.9 Å². The number of ether oxygens (including phenoxy) is 1. The second-order valence-electron chi connectivity index (χ2n) is 9.55. The highest BCUT2D eigenvalue weighted by Crippen LogP contribution is 2.28. The van der Waals surface area contributed by atoms with Gasteiger partial charge in [-0.15, -0.1) is 0 Å². The highest BCUT2D eigenvalue weighted by molar-refractivity contribution is 6.02. The Hall–Kier alpha value is -3.59. The minimum Gasteiger partial charge on any atom is -0.378 e. The molecule has 2 saturated heterocycles. The lowest BCUT2D eigenvalue weighted by atomic mass is 10.1. The van der Waals surface area contributed by atoms with Crippen LogP contribution in [-0.4, -0.2) is 80.1 Å². The molecule has 2 aliphatic heterocycles. The fourth-order valence-corrected chi connectivity index (χ4v) is 4.36. The Morgan fingerprint density at radius 2 is 1.53 bits per heavy atom. The summed E-state index contributed by atoms with van der Waals surface area (Å²) in [6.07, 6.45) is 0. The summed E-state index contributed by atoms with van der Waals surface area (Å²) in [5.41, 5.74) is 3.83. The van der Waals surface area contributed by atoms with Gasteiger partial charge >= 0.3 is 6.03 Å². The summed E-state index contributed by atoms with van der Waals surface area (Å²) < 4.78 is 5.41. The predicted octanol–water partition coefficient (Wildman–Crippen LogP) is 3.42. The number of carbonyl (C=O) groups excluding carboxylic acids is 3. The van der Waals surface area contributed by atoms with Gasteiger partial charge in [-0.25, -0.2) is 4.79 Å². The van der Waals surface area contributed by atoms with Crippen molar-refractivity contribution in [2.24, 2.45) is 5.92 Å². The van der Waals surface area contributed by atoms with E-state index in [1.54, 1.807) is 15.9 Å². The molecule has 2 aromatic rings. The van der Waals surface area contributed by atoms with Gasteiger partial charge in [-0.05, 0) is 42.8 Å². The van der Waals surface area contributed by atoms with Gasteiger partial charge in [0, 0.05) is 62.2 Å². The molecule has 2 heterocycles. The molecule has 9 nitrogen and oxygen atoms in total. The number of aryl methyl sites for hydroxylation is 1. The Bertz CT molecular complexity index is 1110. The maximum absolute atomic E-state index is 13.5. The Kier molecular flexibility index (Phi) is 8.10. The van der Waals surface area contributed by atoms with Crippen LogP contribution >= 0.6 is 0 Å². The Labute approximate surface area is 212 Å². The molecule has 36 heavy (non-hydrogen) atoms. The molecule has 2 aromatic carbocycles. The van der Waals surface area contributed by atoms with Gasteiger partial charge in [0.05, 0.1) is 18.8 Å². The third-order valence-electron chi connectivity index (χ3n) is 6.49.